The molecule has 7 heteroatoms. The molecule has 124 valence electrons. The van der Waals surface area contributed by atoms with E-state index in [4.69, 9.17) is 4.42 Å². The summed E-state index contributed by atoms with van der Waals surface area (Å²) in [4.78, 5) is 20.8. The fraction of sp³-hybridized carbons (Fsp3) is 0.111. The number of carbonyl (C=O) groups excluding carboxylic acids is 1. The summed E-state index contributed by atoms with van der Waals surface area (Å²) in [7, 11) is 0. The average molecular weight is 333 g/mol. The van der Waals surface area contributed by atoms with E-state index in [0.717, 1.165) is 11.3 Å². The van der Waals surface area contributed by atoms with Gasteiger partial charge in [0.05, 0.1) is 6.54 Å². The van der Waals surface area contributed by atoms with Crippen LogP contribution < -0.4 is 5.32 Å². The minimum atomic E-state index is -0.318. The van der Waals surface area contributed by atoms with Crippen LogP contribution in [-0.2, 0) is 6.54 Å². The van der Waals surface area contributed by atoms with E-state index in [1.54, 1.807) is 17.1 Å². The number of amides is 1. The van der Waals surface area contributed by atoms with E-state index < -0.39 is 0 Å². The van der Waals surface area contributed by atoms with Crippen LogP contribution >= 0.6 is 0 Å². The summed E-state index contributed by atoms with van der Waals surface area (Å²) in [6.45, 7) is 2.41. The van der Waals surface area contributed by atoms with Crippen molar-refractivity contribution < 1.29 is 9.21 Å². The Labute approximate surface area is 143 Å². The van der Waals surface area contributed by atoms with Crippen molar-refractivity contribution in [1.82, 2.24) is 19.7 Å². The Morgan fingerprint density at radius 3 is 2.96 bits per heavy atom. The fourth-order valence-electron chi connectivity index (χ4n) is 2.59. The summed E-state index contributed by atoms with van der Waals surface area (Å²) in [6, 6.07) is 12.9. The first-order valence-corrected chi connectivity index (χ1v) is 7.78. The molecule has 25 heavy (non-hydrogen) atoms. The first-order valence-electron chi connectivity index (χ1n) is 7.78. The molecular weight excluding hydrogens is 318 g/mol. The second-order valence-electron chi connectivity index (χ2n) is 5.65. The van der Waals surface area contributed by atoms with Crippen LogP contribution in [0.15, 0.2) is 59.5 Å². The maximum atomic E-state index is 12.6. The second-order valence-corrected chi connectivity index (χ2v) is 5.65. The Hall–Kier alpha value is -3.48. The lowest BCUT2D eigenvalue weighted by atomic mass is 10.1. The number of nitrogens with one attached hydrogen (secondary N) is 1. The van der Waals surface area contributed by atoms with Crippen LogP contribution in [0.3, 0.4) is 0 Å². The largest absolute Gasteiger partial charge is 0.449 e. The van der Waals surface area contributed by atoms with E-state index in [2.05, 4.69) is 20.4 Å². The number of nitrogens with zero attached hydrogens (tertiary/aromatic N) is 4. The van der Waals surface area contributed by atoms with Gasteiger partial charge in [-0.05, 0) is 30.7 Å². The van der Waals surface area contributed by atoms with Crippen LogP contribution in [-0.4, -0.2) is 25.7 Å². The first-order chi connectivity index (χ1) is 12.2. The maximum absolute atomic E-state index is 12.6. The minimum absolute atomic E-state index is 0.226. The van der Waals surface area contributed by atoms with Crippen molar-refractivity contribution in [3.05, 3.63) is 72.1 Å². The molecule has 3 aromatic heterocycles. The van der Waals surface area contributed by atoms with Gasteiger partial charge in [-0.2, -0.15) is 5.10 Å². The van der Waals surface area contributed by atoms with Crippen molar-refractivity contribution in [1.29, 1.82) is 0 Å². The van der Waals surface area contributed by atoms with Crippen molar-refractivity contribution in [2.45, 2.75) is 13.5 Å². The van der Waals surface area contributed by atoms with Gasteiger partial charge < -0.3 is 9.73 Å². The van der Waals surface area contributed by atoms with Gasteiger partial charge in [-0.25, -0.2) is 14.6 Å². The highest BCUT2D eigenvalue weighted by Gasteiger charge is 2.15. The number of benzene rings is 1. The second kappa shape index (κ2) is 6.20. The molecule has 0 saturated heterocycles. The zero-order valence-electron chi connectivity index (χ0n) is 13.5. The van der Waals surface area contributed by atoms with Crippen LogP contribution in [0.4, 0.5) is 5.69 Å². The van der Waals surface area contributed by atoms with Gasteiger partial charge in [-0.3, -0.25) is 4.79 Å². The van der Waals surface area contributed by atoms with E-state index in [-0.39, 0.29) is 11.7 Å². The van der Waals surface area contributed by atoms with Crippen molar-refractivity contribution in [3.63, 3.8) is 0 Å². The van der Waals surface area contributed by atoms with E-state index in [9.17, 15) is 4.79 Å². The fourth-order valence-corrected chi connectivity index (χ4v) is 2.59. The lowest BCUT2D eigenvalue weighted by Crippen LogP contribution is -2.13. The highest BCUT2D eigenvalue weighted by atomic mass is 16.3. The highest BCUT2D eigenvalue weighted by Crippen LogP contribution is 2.21. The Bertz CT molecular complexity index is 1040. The number of anilines is 1. The first kappa shape index (κ1) is 15.1. The molecule has 7 nitrogen and oxygen atoms in total. The van der Waals surface area contributed by atoms with Crippen LogP contribution in [0.5, 0.6) is 0 Å². The number of aromatic nitrogens is 4. The Balaban J connectivity index is 1.59. The zero-order chi connectivity index (χ0) is 17.2. The summed E-state index contributed by atoms with van der Waals surface area (Å²) in [5.41, 5.74) is 3.75. The van der Waals surface area contributed by atoms with E-state index >= 15 is 0 Å². The smallest absolute Gasteiger partial charge is 0.291 e. The molecule has 0 saturated carbocycles. The third-order valence-electron chi connectivity index (χ3n) is 3.80. The number of carbonyl (C=O) groups is 1. The predicted molar refractivity (Wildman–Crippen MR) is 92.3 cm³/mol. The van der Waals surface area contributed by atoms with Gasteiger partial charge in [-0.1, -0.05) is 18.2 Å². The summed E-state index contributed by atoms with van der Waals surface area (Å²) in [6.07, 6.45) is 3.11. The molecule has 1 aromatic carbocycles. The number of para-hydroxylation sites is 1. The van der Waals surface area contributed by atoms with E-state index in [1.165, 1.54) is 6.33 Å². The molecule has 1 amide bonds. The summed E-state index contributed by atoms with van der Waals surface area (Å²) < 4.78 is 7.29. The standard InChI is InChI=1S/C18H15N5O2/c1-12-6-7-16-15(21-12)8-17(25-16)18(24)22-14-5-3-2-4-13(14)9-23-11-19-10-20-23/h2-8,10-11H,9H2,1H3,(H,22,24). The normalized spacial score (nSPS) is 10.9. The number of hydrogen-bond acceptors (Lipinski definition) is 5. The molecule has 0 aliphatic rings. The van der Waals surface area contributed by atoms with Gasteiger partial charge in [-0.15, -0.1) is 0 Å². The molecule has 0 atom stereocenters. The molecule has 0 unspecified atom stereocenters. The topological polar surface area (TPSA) is 85.8 Å². The molecule has 4 aromatic rings. The highest BCUT2D eigenvalue weighted by molar-refractivity contribution is 6.04. The molecule has 0 aliphatic carbocycles. The minimum Gasteiger partial charge on any atom is -0.449 e. The predicted octanol–water partition coefficient (Wildman–Crippen LogP) is 3.03. The van der Waals surface area contributed by atoms with Gasteiger partial charge in [0, 0.05) is 17.4 Å². The van der Waals surface area contributed by atoms with Crippen molar-refractivity contribution >= 4 is 22.7 Å². The van der Waals surface area contributed by atoms with Crippen LogP contribution in [0.25, 0.3) is 11.1 Å². The van der Waals surface area contributed by atoms with Crippen LogP contribution in [0, 0.1) is 6.92 Å². The van der Waals surface area contributed by atoms with Crippen molar-refractivity contribution in [3.8, 4) is 0 Å². The van der Waals surface area contributed by atoms with Gasteiger partial charge >= 0.3 is 0 Å². The number of hydrogen-bond donors (Lipinski definition) is 1. The summed E-state index contributed by atoms with van der Waals surface area (Å²) >= 11 is 0. The molecule has 0 fully saturated rings. The maximum Gasteiger partial charge on any atom is 0.291 e. The molecule has 3 heterocycles. The van der Waals surface area contributed by atoms with E-state index in [1.807, 2.05) is 43.3 Å². The third-order valence-corrected chi connectivity index (χ3v) is 3.80. The van der Waals surface area contributed by atoms with Gasteiger partial charge in [0.15, 0.2) is 11.3 Å². The number of fused-ring (bicyclic) bond motifs is 1. The van der Waals surface area contributed by atoms with Crippen molar-refractivity contribution in [2.75, 3.05) is 5.32 Å². The Kier molecular flexibility index (Phi) is 3.74. The SMILES string of the molecule is Cc1ccc2oc(C(=O)Nc3ccccc3Cn3cncn3)cc2n1. The molecule has 0 spiro atoms. The van der Waals surface area contributed by atoms with E-state index in [0.29, 0.717) is 23.3 Å². The van der Waals surface area contributed by atoms with Gasteiger partial charge in [0.25, 0.3) is 5.91 Å². The molecule has 4 rings (SSSR count). The molecular formula is C18H15N5O2. The number of rotatable bonds is 4. The Morgan fingerprint density at radius 1 is 1.24 bits per heavy atom. The monoisotopic (exact) mass is 333 g/mol. The summed E-state index contributed by atoms with van der Waals surface area (Å²) in [5, 5.41) is 6.99. The molecule has 0 bridgehead atoms. The molecule has 0 aliphatic heterocycles. The van der Waals surface area contributed by atoms with Crippen LogP contribution in [0.1, 0.15) is 21.8 Å². The van der Waals surface area contributed by atoms with Gasteiger partial charge in [0.1, 0.15) is 18.2 Å². The lowest BCUT2D eigenvalue weighted by Gasteiger charge is -2.10. The van der Waals surface area contributed by atoms with Crippen molar-refractivity contribution in [2.24, 2.45) is 0 Å². The average Bonchev–Trinajstić information content (AvgIpc) is 3.25. The third kappa shape index (κ3) is 3.12. The van der Waals surface area contributed by atoms with Gasteiger partial charge in [0.2, 0.25) is 0 Å². The zero-order valence-corrected chi connectivity index (χ0v) is 13.5. The summed E-state index contributed by atoms with van der Waals surface area (Å²) in [5.74, 6) is -0.0923. The number of furan rings is 1. The quantitative estimate of drug-likeness (QED) is 0.620. The Morgan fingerprint density at radius 2 is 2.12 bits per heavy atom. The van der Waals surface area contributed by atoms with Crippen LogP contribution in [0.2, 0.25) is 0 Å². The number of pyridine rings is 1. The lowest BCUT2D eigenvalue weighted by molar-refractivity contribution is 0.0998. The number of aryl methyl sites for hydroxylation is 1. The molecule has 1 N–H and O–H groups in total. The molecule has 0 radical (unpaired) electrons.